The molecular formula is C15H22N2O2. The molecular weight excluding hydrogens is 240 g/mol. The summed E-state index contributed by atoms with van der Waals surface area (Å²) in [6.07, 6.45) is 2.18. The minimum Gasteiger partial charge on any atom is -0.494 e. The number of amides is 2. The molecule has 0 unspecified atom stereocenters. The number of carbonyl (C=O) groups excluding carboxylic acids is 1. The van der Waals surface area contributed by atoms with Crippen molar-refractivity contribution in [3.8, 4) is 5.75 Å². The van der Waals surface area contributed by atoms with Gasteiger partial charge in [-0.25, -0.2) is 4.79 Å². The second-order valence-electron chi connectivity index (χ2n) is 5.06. The Kier molecular flexibility index (Phi) is 4.66. The lowest BCUT2D eigenvalue weighted by Crippen LogP contribution is -2.40. The first-order chi connectivity index (χ1) is 9.19. The van der Waals surface area contributed by atoms with E-state index in [4.69, 9.17) is 4.74 Å². The molecule has 1 saturated heterocycles. The highest BCUT2D eigenvalue weighted by Crippen LogP contribution is 2.20. The van der Waals surface area contributed by atoms with Crippen LogP contribution in [0.3, 0.4) is 0 Å². The average Bonchev–Trinajstić information content (AvgIpc) is 2.40. The standard InChI is InChI=1S/C15H22N2O2/c1-3-19-14-6-4-5-13(11-14)16-15(18)17-9-7-12(2)8-10-17/h4-6,11-12H,3,7-10H2,1-2H3,(H,16,18). The van der Waals surface area contributed by atoms with Gasteiger partial charge in [-0.3, -0.25) is 0 Å². The Hall–Kier alpha value is -1.71. The molecule has 1 aromatic rings. The molecule has 4 heteroatoms. The van der Waals surface area contributed by atoms with E-state index in [1.807, 2.05) is 36.1 Å². The van der Waals surface area contributed by atoms with E-state index < -0.39 is 0 Å². The second kappa shape index (κ2) is 6.45. The summed E-state index contributed by atoms with van der Waals surface area (Å²) in [5, 5.41) is 2.93. The molecule has 19 heavy (non-hydrogen) atoms. The maximum atomic E-state index is 12.1. The number of ether oxygens (including phenoxy) is 1. The summed E-state index contributed by atoms with van der Waals surface area (Å²) in [4.78, 5) is 14.0. The van der Waals surface area contributed by atoms with E-state index in [1.54, 1.807) is 0 Å². The van der Waals surface area contributed by atoms with Crippen molar-refractivity contribution in [2.45, 2.75) is 26.7 Å². The number of urea groups is 1. The molecule has 1 aliphatic heterocycles. The van der Waals surface area contributed by atoms with Gasteiger partial charge in [-0.05, 0) is 37.8 Å². The van der Waals surface area contributed by atoms with E-state index in [0.29, 0.717) is 6.61 Å². The lowest BCUT2D eigenvalue weighted by Gasteiger charge is -2.30. The molecule has 4 nitrogen and oxygen atoms in total. The summed E-state index contributed by atoms with van der Waals surface area (Å²) in [6, 6.07) is 7.50. The zero-order valence-electron chi connectivity index (χ0n) is 11.7. The number of likely N-dealkylation sites (tertiary alicyclic amines) is 1. The Morgan fingerprint density at radius 3 is 2.84 bits per heavy atom. The number of hydrogen-bond acceptors (Lipinski definition) is 2. The first kappa shape index (κ1) is 13.7. The number of rotatable bonds is 3. The minimum absolute atomic E-state index is 0.0134. The normalized spacial score (nSPS) is 16.2. The fourth-order valence-electron chi connectivity index (χ4n) is 2.24. The molecule has 0 radical (unpaired) electrons. The molecule has 1 aromatic carbocycles. The van der Waals surface area contributed by atoms with Crippen LogP contribution in [0.15, 0.2) is 24.3 Å². The van der Waals surface area contributed by atoms with Gasteiger partial charge in [0.25, 0.3) is 0 Å². The van der Waals surface area contributed by atoms with Gasteiger partial charge in [-0.15, -0.1) is 0 Å². The van der Waals surface area contributed by atoms with Crippen molar-refractivity contribution in [3.05, 3.63) is 24.3 Å². The molecule has 2 rings (SSSR count). The average molecular weight is 262 g/mol. The predicted octanol–water partition coefficient (Wildman–Crippen LogP) is 3.35. The van der Waals surface area contributed by atoms with Crippen molar-refractivity contribution in [3.63, 3.8) is 0 Å². The molecule has 0 saturated carbocycles. The van der Waals surface area contributed by atoms with Crippen LogP contribution in [0.25, 0.3) is 0 Å². The first-order valence-corrected chi connectivity index (χ1v) is 6.98. The Balaban J connectivity index is 1.93. The van der Waals surface area contributed by atoms with Crippen LogP contribution in [0.4, 0.5) is 10.5 Å². The molecule has 104 valence electrons. The van der Waals surface area contributed by atoms with Crippen LogP contribution in [-0.4, -0.2) is 30.6 Å². The van der Waals surface area contributed by atoms with Gasteiger partial charge in [0.1, 0.15) is 5.75 Å². The van der Waals surface area contributed by atoms with Crippen molar-refractivity contribution in [1.29, 1.82) is 0 Å². The van der Waals surface area contributed by atoms with Crippen LogP contribution in [-0.2, 0) is 0 Å². The summed E-state index contributed by atoms with van der Waals surface area (Å²) in [6.45, 7) is 6.50. The number of anilines is 1. The van der Waals surface area contributed by atoms with Gasteiger partial charge in [-0.1, -0.05) is 13.0 Å². The van der Waals surface area contributed by atoms with E-state index in [0.717, 1.165) is 43.3 Å². The monoisotopic (exact) mass is 262 g/mol. The molecule has 0 spiro atoms. The zero-order valence-corrected chi connectivity index (χ0v) is 11.7. The summed E-state index contributed by atoms with van der Waals surface area (Å²) < 4.78 is 5.42. The molecule has 1 fully saturated rings. The predicted molar refractivity (Wildman–Crippen MR) is 76.6 cm³/mol. The summed E-state index contributed by atoms with van der Waals surface area (Å²) in [5.41, 5.74) is 0.787. The highest BCUT2D eigenvalue weighted by Gasteiger charge is 2.20. The lowest BCUT2D eigenvalue weighted by atomic mass is 10.00. The molecule has 0 atom stereocenters. The van der Waals surface area contributed by atoms with E-state index in [2.05, 4.69) is 12.2 Å². The van der Waals surface area contributed by atoms with Crippen LogP contribution in [0.1, 0.15) is 26.7 Å². The SMILES string of the molecule is CCOc1cccc(NC(=O)N2CCC(C)CC2)c1. The summed E-state index contributed by atoms with van der Waals surface area (Å²) in [5.74, 6) is 1.51. The fourth-order valence-corrected chi connectivity index (χ4v) is 2.24. The third-order valence-electron chi connectivity index (χ3n) is 3.47. The number of piperidine rings is 1. The van der Waals surface area contributed by atoms with E-state index in [9.17, 15) is 4.79 Å². The second-order valence-corrected chi connectivity index (χ2v) is 5.06. The molecule has 0 aliphatic carbocycles. The molecule has 2 amide bonds. The Morgan fingerprint density at radius 1 is 1.42 bits per heavy atom. The molecule has 0 aromatic heterocycles. The van der Waals surface area contributed by atoms with Gasteiger partial charge in [0.2, 0.25) is 0 Å². The van der Waals surface area contributed by atoms with Crippen molar-refractivity contribution < 1.29 is 9.53 Å². The number of carbonyl (C=O) groups is 1. The summed E-state index contributed by atoms with van der Waals surface area (Å²) >= 11 is 0. The highest BCUT2D eigenvalue weighted by atomic mass is 16.5. The topological polar surface area (TPSA) is 41.6 Å². The van der Waals surface area contributed by atoms with Gasteiger partial charge in [0.15, 0.2) is 0 Å². The molecule has 0 bridgehead atoms. The molecule has 1 N–H and O–H groups in total. The van der Waals surface area contributed by atoms with E-state index >= 15 is 0 Å². The number of nitrogens with one attached hydrogen (secondary N) is 1. The molecule has 1 aliphatic rings. The van der Waals surface area contributed by atoms with E-state index in [-0.39, 0.29) is 6.03 Å². The van der Waals surface area contributed by atoms with Crippen LogP contribution in [0.2, 0.25) is 0 Å². The fraction of sp³-hybridized carbons (Fsp3) is 0.533. The maximum absolute atomic E-state index is 12.1. The van der Waals surface area contributed by atoms with Gasteiger partial charge in [-0.2, -0.15) is 0 Å². The van der Waals surface area contributed by atoms with Crippen LogP contribution >= 0.6 is 0 Å². The quantitative estimate of drug-likeness (QED) is 0.907. The van der Waals surface area contributed by atoms with E-state index in [1.165, 1.54) is 0 Å². The van der Waals surface area contributed by atoms with Crippen LogP contribution in [0.5, 0.6) is 5.75 Å². The van der Waals surface area contributed by atoms with Gasteiger partial charge in [0.05, 0.1) is 6.61 Å². The van der Waals surface area contributed by atoms with Crippen molar-refractivity contribution in [1.82, 2.24) is 4.90 Å². The van der Waals surface area contributed by atoms with Gasteiger partial charge >= 0.3 is 6.03 Å². The number of nitrogens with zero attached hydrogens (tertiary/aromatic N) is 1. The third-order valence-corrected chi connectivity index (χ3v) is 3.47. The Bertz CT molecular complexity index is 426. The number of benzene rings is 1. The lowest BCUT2D eigenvalue weighted by molar-refractivity contribution is 0.186. The smallest absolute Gasteiger partial charge is 0.321 e. The van der Waals surface area contributed by atoms with Gasteiger partial charge in [0, 0.05) is 24.8 Å². The summed E-state index contributed by atoms with van der Waals surface area (Å²) in [7, 11) is 0. The minimum atomic E-state index is -0.0134. The highest BCUT2D eigenvalue weighted by molar-refractivity contribution is 5.89. The molecule has 1 heterocycles. The van der Waals surface area contributed by atoms with Crippen LogP contribution < -0.4 is 10.1 Å². The third kappa shape index (κ3) is 3.88. The first-order valence-electron chi connectivity index (χ1n) is 6.98. The van der Waals surface area contributed by atoms with Crippen molar-refractivity contribution in [2.24, 2.45) is 5.92 Å². The maximum Gasteiger partial charge on any atom is 0.321 e. The van der Waals surface area contributed by atoms with Crippen LogP contribution in [0, 0.1) is 5.92 Å². The Labute approximate surface area is 114 Å². The number of hydrogen-bond donors (Lipinski definition) is 1. The van der Waals surface area contributed by atoms with Crippen molar-refractivity contribution >= 4 is 11.7 Å². The van der Waals surface area contributed by atoms with Crippen molar-refractivity contribution in [2.75, 3.05) is 25.0 Å². The van der Waals surface area contributed by atoms with Gasteiger partial charge < -0.3 is 15.0 Å². The largest absolute Gasteiger partial charge is 0.494 e. The Morgan fingerprint density at radius 2 is 2.16 bits per heavy atom. The zero-order chi connectivity index (χ0) is 13.7.